The summed E-state index contributed by atoms with van der Waals surface area (Å²) in [6.07, 6.45) is -2.43. The van der Waals surface area contributed by atoms with E-state index < -0.39 is 17.1 Å². The molecular formula is C14H20N2O6. The first-order chi connectivity index (χ1) is 10.4. The third-order valence-electron chi connectivity index (χ3n) is 3.00. The number of benzene rings is 1. The quantitative estimate of drug-likeness (QED) is 0.484. The second-order valence-corrected chi connectivity index (χ2v) is 4.70. The minimum Gasteiger partial charge on any atom is -0.493 e. The number of non-ortho nitro benzene ring substituents is 1. The van der Waals surface area contributed by atoms with Crippen LogP contribution < -0.4 is 10.1 Å². The molecule has 1 rings (SSSR count). The highest BCUT2D eigenvalue weighted by molar-refractivity contribution is 5.72. The maximum absolute atomic E-state index is 10.8. The second kappa shape index (κ2) is 8.30. The van der Waals surface area contributed by atoms with E-state index in [-0.39, 0.29) is 35.9 Å². The molecule has 122 valence electrons. The van der Waals surface area contributed by atoms with Gasteiger partial charge in [-0.05, 0) is 19.4 Å². The van der Waals surface area contributed by atoms with Gasteiger partial charge < -0.3 is 20.3 Å². The van der Waals surface area contributed by atoms with Crippen molar-refractivity contribution in [3.63, 3.8) is 0 Å². The lowest BCUT2D eigenvalue weighted by Gasteiger charge is -2.20. The summed E-state index contributed by atoms with van der Waals surface area (Å²) in [5, 5.41) is 33.5. The highest BCUT2D eigenvalue weighted by Gasteiger charge is 2.24. The lowest BCUT2D eigenvalue weighted by Crippen LogP contribution is -2.27. The number of rotatable bonds is 8. The van der Waals surface area contributed by atoms with Crippen LogP contribution in [0, 0.1) is 10.1 Å². The normalized spacial score (nSPS) is 13.3. The molecule has 8 nitrogen and oxygen atoms in total. The second-order valence-electron chi connectivity index (χ2n) is 4.70. The predicted molar refractivity (Wildman–Crippen MR) is 78.5 cm³/mol. The number of aliphatic hydroxyl groups is 2. The number of nitro benzene ring substituents is 1. The fraction of sp³-hybridized carbons (Fsp3) is 0.500. The Morgan fingerprint density at radius 1 is 1.45 bits per heavy atom. The zero-order valence-electron chi connectivity index (χ0n) is 12.5. The Bertz CT molecular complexity index is 534. The summed E-state index contributed by atoms with van der Waals surface area (Å²) in [7, 11) is 0. The van der Waals surface area contributed by atoms with Crippen molar-refractivity contribution in [1.82, 2.24) is 5.32 Å². The van der Waals surface area contributed by atoms with Gasteiger partial charge in [0.05, 0.1) is 17.6 Å². The Kier molecular flexibility index (Phi) is 6.74. The number of nitrogens with zero attached hydrogens (tertiary/aromatic N) is 1. The largest absolute Gasteiger partial charge is 0.493 e. The Labute approximate surface area is 127 Å². The molecule has 0 saturated heterocycles. The Morgan fingerprint density at radius 2 is 2.14 bits per heavy atom. The van der Waals surface area contributed by atoms with Crippen LogP contribution in [0.1, 0.15) is 31.9 Å². The molecule has 1 aromatic rings. The van der Waals surface area contributed by atoms with E-state index in [1.807, 2.05) is 0 Å². The third kappa shape index (κ3) is 4.97. The van der Waals surface area contributed by atoms with Gasteiger partial charge in [-0.15, -0.1) is 0 Å². The molecule has 0 radical (unpaired) electrons. The van der Waals surface area contributed by atoms with E-state index in [0.717, 1.165) is 0 Å². The summed E-state index contributed by atoms with van der Waals surface area (Å²) in [6, 6.07) is 3.84. The van der Waals surface area contributed by atoms with Crippen molar-refractivity contribution in [2.24, 2.45) is 0 Å². The van der Waals surface area contributed by atoms with Crippen LogP contribution in [0.4, 0.5) is 5.69 Å². The molecule has 0 saturated carbocycles. The number of aliphatic hydroxyl groups excluding tert-OH is 2. The summed E-state index contributed by atoms with van der Waals surface area (Å²) >= 11 is 0. The summed E-state index contributed by atoms with van der Waals surface area (Å²) in [6.45, 7) is 3.59. The van der Waals surface area contributed by atoms with Crippen molar-refractivity contribution in [3.05, 3.63) is 33.9 Å². The lowest BCUT2D eigenvalue weighted by molar-refractivity contribution is -0.385. The predicted octanol–water partition coefficient (Wildman–Crippen LogP) is 0.914. The van der Waals surface area contributed by atoms with E-state index >= 15 is 0 Å². The zero-order valence-corrected chi connectivity index (χ0v) is 12.5. The van der Waals surface area contributed by atoms with Gasteiger partial charge in [-0.3, -0.25) is 14.9 Å². The molecule has 0 aliphatic carbocycles. The van der Waals surface area contributed by atoms with Gasteiger partial charge in [-0.1, -0.05) is 0 Å². The molecule has 0 bridgehead atoms. The van der Waals surface area contributed by atoms with E-state index in [0.29, 0.717) is 6.61 Å². The number of carbonyl (C=O) groups excluding carboxylic acids is 1. The molecule has 0 aliphatic rings. The molecule has 0 heterocycles. The van der Waals surface area contributed by atoms with Gasteiger partial charge in [0.1, 0.15) is 11.9 Å². The topological polar surface area (TPSA) is 122 Å². The van der Waals surface area contributed by atoms with Gasteiger partial charge in [0.15, 0.2) is 0 Å². The van der Waals surface area contributed by atoms with Gasteiger partial charge in [-0.25, -0.2) is 0 Å². The van der Waals surface area contributed by atoms with E-state index in [1.165, 1.54) is 25.1 Å². The Hall–Kier alpha value is -2.19. The van der Waals surface area contributed by atoms with Crippen molar-refractivity contribution < 1.29 is 24.7 Å². The van der Waals surface area contributed by atoms with E-state index in [2.05, 4.69) is 5.32 Å². The van der Waals surface area contributed by atoms with Crippen LogP contribution in [0.3, 0.4) is 0 Å². The minimum atomic E-state index is -1.35. The Morgan fingerprint density at radius 3 is 2.68 bits per heavy atom. The van der Waals surface area contributed by atoms with Crippen LogP contribution >= 0.6 is 0 Å². The SMILES string of the molecule is CCOc1ccc([N+](=O)[O-])cc1C(O)C(O)CCNC(C)=O. The molecule has 0 aliphatic heterocycles. The van der Waals surface area contributed by atoms with Gasteiger partial charge in [0.25, 0.3) is 5.69 Å². The average molecular weight is 312 g/mol. The van der Waals surface area contributed by atoms with Gasteiger partial charge in [0.2, 0.25) is 5.91 Å². The number of nitrogens with one attached hydrogen (secondary N) is 1. The lowest BCUT2D eigenvalue weighted by atomic mass is 10.0. The van der Waals surface area contributed by atoms with Crippen molar-refractivity contribution in [3.8, 4) is 5.75 Å². The summed E-state index contributed by atoms with van der Waals surface area (Å²) in [5.74, 6) is 0.0335. The van der Waals surface area contributed by atoms with Gasteiger partial charge >= 0.3 is 0 Å². The van der Waals surface area contributed by atoms with Crippen LogP contribution in [-0.2, 0) is 4.79 Å². The molecule has 2 unspecified atom stereocenters. The fourth-order valence-electron chi connectivity index (χ4n) is 1.93. The van der Waals surface area contributed by atoms with E-state index in [4.69, 9.17) is 4.74 Å². The van der Waals surface area contributed by atoms with Gasteiger partial charge in [0, 0.05) is 31.2 Å². The Balaban J connectivity index is 2.92. The third-order valence-corrected chi connectivity index (χ3v) is 3.00. The number of hydrogen-bond acceptors (Lipinski definition) is 6. The van der Waals surface area contributed by atoms with Crippen LogP contribution in [0.2, 0.25) is 0 Å². The average Bonchev–Trinajstić information content (AvgIpc) is 2.46. The van der Waals surface area contributed by atoms with E-state index in [1.54, 1.807) is 6.92 Å². The molecule has 2 atom stereocenters. The standard InChI is InChI=1S/C14H20N2O6/c1-3-22-13-5-4-10(16(20)21)8-11(13)14(19)12(18)6-7-15-9(2)17/h4-5,8,12,14,18-19H,3,6-7H2,1-2H3,(H,15,17). The first-order valence-corrected chi connectivity index (χ1v) is 6.88. The molecule has 1 amide bonds. The van der Waals surface area contributed by atoms with Crippen LogP contribution in [0.5, 0.6) is 5.75 Å². The molecule has 8 heteroatoms. The summed E-state index contributed by atoms with van der Waals surface area (Å²) in [5.41, 5.74) is -0.0575. The monoisotopic (exact) mass is 312 g/mol. The molecular weight excluding hydrogens is 292 g/mol. The molecule has 22 heavy (non-hydrogen) atoms. The first-order valence-electron chi connectivity index (χ1n) is 6.88. The van der Waals surface area contributed by atoms with Gasteiger partial charge in [-0.2, -0.15) is 0 Å². The van der Waals surface area contributed by atoms with Crippen molar-refractivity contribution in [2.45, 2.75) is 32.5 Å². The van der Waals surface area contributed by atoms with Crippen LogP contribution in [0.15, 0.2) is 18.2 Å². The fourth-order valence-corrected chi connectivity index (χ4v) is 1.93. The van der Waals surface area contributed by atoms with Crippen molar-refractivity contribution in [2.75, 3.05) is 13.2 Å². The number of nitro groups is 1. The number of amides is 1. The summed E-state index contributed by atoms with van der Waals surface area (Å²) in [4.78, 5) is 21.0. The zero-order chi connectivity index (χ0) is 16.7. The molecule has 1 aromatic carbocycles. The molecule has 3 N–H and O–H groups in total. The summed E-state index contributed by atoms with van der Waals surface area (Å²) < 4.78 is 5.32. The molecule has 0 aromatic heterocycles. The van der Waals surface area contributed by atoms with Crippen molar-refractivity contribution >= 4 is 11.6 Å². The maximum Gasteiger partial charge on any atom is 0.270 e. The number of hydrogen-bond donors (Lipinski definition) is 3. The first kappa shape index (κ1) is 17.9. The number of carbonyl (C=O) groups is 1. The highest BCUT2D eigenvalue weighted by Crippen LogP contribution is 2.31. The molecule has 0 spiro atoms. The van der Waals surface area contributed by atoms with Crippen molar-refractivity contribution in [1.29, 1.82) is 0 Å². The smallest absolute Gasteiger partial charge is 0.270 e. The number of ether oxygens (including phenoxy) is 1. The van der Waals surface area contributed by atoms with Crippen LogP contribution in [-0.4, -0.2) is 40.3 Å². The molecule has 0 fully saturated rings. The van der Waals surface area contributed by atoms with Crippen LogP contribution in [0.25, 0.3) is 0 Å². The highest BCUT2D eigenvalue weighted by atomic mass is 16.6. The minimum absolute atomic E-state index is 0.106. The van der Waals surface area contributed by atoms with E-state index in [9.17, 15) is 25.1 Å². The maximum atomic E-state index is 10.8.